The lowest BCUT2D eigenvalue weighted by molar-refractivity contribution is 0.0938. The monoisotopic (exact) mass is 328 g/mol. The number of rotatable bonds is 7. The number of furan rings is 1. The topological polar surface area (TPSA) is 86.7 Å². The minimum Gasteiger partial charge on any atom is -0.497 e. The maximum atomic E-state index is 12.0. The van der Waals surface area contributed by atoms with Crippen LogP contribution in [0.5, 0.6) is 11.5 Å². The van der Waals surface area contributed by atoms with E-state index in [-0.39, 0.29) is 11.6 Å². The molecule has 124 valence electrons. The molecule has 0 bridgehead atoms. The summed E-state index contributed by atoms with van der Waals surface area (Å²) in [6, 6.07) is 12.2. The fourth-order valence-electron chi connectivity index (χ4n) is 2.01. The second kappa shape index (κ2) is 7.36. The molecule has 3 aromatic rings. The fraction of sp³-hybridized carbons (Fsp3) is 0.176. The van der Waals surface area contributed by atoms with E-state index in [2.05, 4.69) is 10.5 Å². The van der Waals surface area contributed by atoms with E-state index in [1.165, 1.54) is 12.3 Å². The van der Waals surface area contributed by atoms with Crippen molar-refractivity contribution < 1.29 is 23.2 Å². The van der Waals surface area contributed by atoms with Crippen LogP contribution in [0, 0.1) is 0 Å². The van der Waals surface area contributed by atoms with Gasteiger partial charge in [-0.3, -0.25) is 4.79 Å². The number of amides is 1. The molecule has 1 amide bonds. The largest absolute Gasteiger partial charge is 0.497 e. The third kappa shape index (κ3) is 3.75. The molecule has 0 saturated heterocycles. The molecule has 0 spiro atoms. The van der Waals surface area contributed by atoms with Crippen LogP contribution in [-0.4, -0.2) is 31.3 Å². The van der Waals surface area contributed by atoms with Crippen molar-refractivity contribution in [3.8, 4) is 23.0 Å². The molecule has 0 aliphatic carbocycles. The van der Waals surface area contributed by atoms with Crippen LogP contribution in [0.1, 0.15) is 10.5 Å². The molecule has 24 heavy (non-hydrogen) atoms. The minimum atomic E-state index is -0.338. The third-order valence-corrected chi connectivity index (χ3v) is 3.22. The number of ether oxygens (including phenoxy) is 2. The first-order valence-corrected chi connectivity index (χ1v) is 7.32. The molecule has 7 nitrogen and oxygen atoms in total. The fourth-order valence-corrected chi connectivity index (χ4v) is 2.01. The van der Waals surface area contributed by atoms with E-state index >= 15 is 0 Å². The Morgan fingerprint density at radius 1 is 1.17 bits per heavy atom. The highest BCUT2D eigenvalue weighted by atomic mass is 16.5. The summed E-state index contributed by atoms with van der Waals surface area (Å²) in [6.07, 6.45) is 1.52. The summed E-state index contributed by atoms with van der Waals surface area (Å²) in [5.74, 6) is 2.04. The van der Waals surface area contributed by atoms with Crippen molar-refractivity contribution in [2.24, 2.45) is 0 Å². The highest BCUT2D eigenvalue weighted by Gasteiger charge is 2.14. The Hall–Kier alpha value is -3.22. The standard InChI is InChI=1S/C17H16N2O5/c1-21-12-4-6-13(7-5-12)22-10-8-18-17(20)14-11-16(24-19-14)15-3-2-9-23-15/h2-7,9,11H,8,10H2,1H3,(H,18,20). The summed E-state index contributed by atoms with van der Waals surface area (Å²) in [5.41, 5.74) is 0.186. The van der Waals surface area contributed by atoms with Crippen molar-refractivity contribution in [3.63, 3.8) is 0 Å². The smallest absolute Gasteiger partial charge is 0.273 e. The molecular weight excluding hydrogens is 312 g/mol. The molecule has 0 fully saturated rings. The van der Waals surface area contributed by atoms with Crippen LogP contribution >= 0.6 is 0 Å². The quantitative estimate of drug-likeness (QED) is 0.671. The Morgan fingerprint density at radius 3 is 2.67 bits per heavy atom. The average Bonchev–Trinajstić information content (AvgIpc) is 3.30. The first-order chi connectivity index (χ1) is 11.8. The molecule has 0 saturated carbocycles. The number of carbonyl (C=O) groups is 1. The molecule has 1 aromatic carbocycles. The number of methoxy groups -OCH3 is 1. The molecule has 3 rings (SSSR count). The Labute approximate surface area is 138 Å². The van der Waals surface area contributed by atoms with E-state index in [1.807, 2.05) is 0 Å². The molecule has 2 aromatic heterocycles. The van der Waals surface area contributed by atoms with E-state index in [0.29, 0.717) is 30.4 Å². The highest BCUT2D eigenvalue weighted by Crippen LogP contribution is 2.20. The van der Waals surface area contributed by atoms with E-state index in [9.17, 15) is 4.79 Å². The van der Waals surface area contributed by atoms with Crippen LogP contribution in [0.15, 0.2) is 57.7 Å². The lowest BCUT2D eigenvalue weighted by Crippen LogP contribution is -2.28. The van der Waals surface area contributed by atoms with Gasteiger partial charge in [-0.2, -0.15) is 0 Å². The zero-order chi connectivity index (χ0) is 16.8. The van der Waals surface area contributed by atoms with Gasteiger partial charge in [0.1, 0.15) is 18.1 Å². The van der Waals surface area contributed by atoms with Gasteiger partial charge in [-0.15, -0.1) is 0 Å². The van der Waals surface area contributed by atoms with Gasteiger partial charge in [-0.05, 0) is 36.4 Å². The number of nitrogens with zero attached hydrogens (tertiary/aromatic N) is 1. The number of benzene rings is 1. The third-order valence-electron chi connectivity index (χ3n) is 3.22. The van der Waals surface area contributed by atoms with Gasteiger partial charge in [0.15, 0.2) is 11.5 Å². The van der Waals surface area contributed by atoms with Gasteiger partial charge in [0.25, 0.3) is 5.91 Å². The van der Waals surface area contributed by atoms with E-state index < -0.39 is 0 Å². The number of carbonyl (C=O) groups excluding carboxylic acids is 1. The summed E-state index contributed by atoms with van der Waals surface area (Å²) < 4.78 is 20.9. The van der Waals surface area contributed by atoms with Crippen molar-refractivity contribution >= 4 is 5.91 Å². The van der Waals surface area contributed by atoms with Crippen molar-refractivity contribution in [1.29, 1.82) is 0 Å². The van der Waals surface area contributed by atoms with Crippen LogP contribution in [0.3, 0.4) is 0 Å². The SMILES string of the molecule is COc1ccc(OCCNC(=O)c2cc(-c3ccco3)on2)cc1. The van der Waals surface area contributed by atoms with Crippen LogP contribution < -0.4 is 14.8 Å². The number of hydrogen-bond acceptors (Lipinski definition) is 6. The molecule has 0 unspecified atom stereocenters. The van der Waals surface area contributed by atoms with Crippen LogP contribution in [-0.2, 0) is 0 Å². The average molecular weight is 328 g/mol. The van der Waals surface area contributed by atoms with E-state index in [4.69, 9.17) is 18.4 Å². The summed E-state index contributed by atoms with van der Waals surface area (Å²) in [7, 11) is 1.60. The molecule has 1 N–H and O–H groups in total. The number of aromatic nitrogens is 1. The van der Waals surface area contributed by atoms with Crippen LogP contribution in [0.2, 0.25) is 0 Å². The lowest BCUT2D eigenvalue weighted by atomic mass is 10.3. The molecule has 0 aliphatic rings. The second-order valence-corrected chi connectivity index (χ2v) is 4.83. The summed E-state index contributed by atoms with van der Waals surface area (Å²) in [4.78, 5) is 12.0. The maximum Gasteiger partial charge on any atom is 0.273 e. The van der Waals surface area contributed by atoms with Crippen molar-refractivity contribution in [1.82, 2.24) is 10.5 Å². The van der Waals surface area contributed by atoms with Gasteiger partial charge < -0.3 is 23.7 Å². The van der Waals surface area contributed by atoms with Crippen molar-refractivity contribution in [2.75, 3.05) is 20.3 Å². The Morgan fingerprint density at radius 2 is 1.96 bits per heavy atom. The molecular formula is C17H16N2O5. The van der Waals surface area contributed by atoms with Gasteiger partial charge in [-0.25, -0.2) is 0 Å². The molecule has 2 heterocycles. The Bertz CT molecular complexity index is 778. The van der Waals surface area contributed by atoms with Gasteiger partial charge >= 0.3 is 0 Å². The van der Waals surface area contributed by atoms with E-state index in [0.717, 1.165) is 5.75 Å². The van der Waals surface area contributed by atoms with Gasteiger partial charge in [0, 0.05) is 6.07 Å². The molecule has 7 heteroatoms. The summed E-state index contributed by atoms with van der Waals surface area (Å²) >= 11 is 0. The van der Waals surface area contributed by atoms with Gasteiger partial charge in [0.05, 0.1) is 19.9 Å². The van der Waals surface area contributed by atoms with E-state index in [1.54, 1.807) is 43.5 Å². The Balaban J connectivity index is 1.45. The van der Waals surface area contributed by atoms with Gasteiger partial charge in [-0.1, -0.05) is 5.16 Å². The normalized spacial score (nSPS) is 10.4. The summed E-state index contributed by atoms with van der Waals surface area (Å²) in [6.45, 7) is 0.675. The maximum absolute atomic E-state index is 12.0. The summed E-state index contributed by atoms with van der Waals surface area (Å²) in [5, 5.41) is 6.43. The zero-order valence-electron chi connectivity index (χ0n) is 13.0. The van der Waals surface area contributed by atoms with Crippen LogP contribution in [0.4, 0.5) is 0 Å². The highest BCUT2D eigenvalue weighted by molar-refractivity contribution is 5.92. The van der Waals surface area contributed by atoms with Crippen LogP contribution in [0.25, 0.3) is 11.5 Å². The Kier molecular flexibility index (Phi) is 4.81. The molecule has 0 aliphatic heterocycles. The number of hydrogen-bond donors (Lipinski definition) is 1. The number of nitrogens with one attached hydrogen (secondary N) is 1. The van der Waals surface area contributed by atoms with Crippen molar-refractivity contribution in [3.05, 3.63) is 54.4 Å². The minimum absolute atomic E-state index is 0.186. The lowest BCUT2D eigenvalue weighted by Gasteiger charge is -2.07. The predicted molar refractivity (Wildman–Crippen MR) is 85.0 cm³/mol. The second-order valence-electron chi connectivity index (χ2n) is 4.83. The van der Waals surface area contributed by atoms with Gasteiger partial charge in [0.2, 0.25) is 5.76 Å². The zero-order valence-corrected chi connectivity index (χ0v) is 13.0. The van der Waals surface area contributed by atoms with Crippen molar-refractivity contribution in [2.45, 2.75) is 0 Å². The first kappa shape index (κ1) is 15.7. The predicted octanol–water partition coefficient (Wildman–Crippen LogP) is 2.75. The first-order valence-electron chi connectivity index (χ1n) is 7.32. The molecule has 0 atom stereocenters. The molecule has 0 radical (unpaired) electrons.